The van der Waals surface area contributed by atoms with Gasteiger partial charge < -0.3 is 5.32 Å². The Bertz CT molecular complexity index is 1040. The summed E-state index contributed by atoms with van der Waals surface area (Å²) >= 11 is 15.7. The van der Waals surface area contributed by atoms with Crippen LogP contribution in [0.15, 0.2) is 88.4 Å². The van der Waals surface area contributed by atoms with Crippen LogP contribution >= 0.6 is 39.7 Å². The van der Waals surface area contributed by atoms with Crippen molar-refractivity contribution in [3.63, 3.8) is 0 Å². The topological polar surface area (TPSA) is 27.6 Å². The third kappa shape index (κ3) is 4.69. The standard InChI is InChI=1S/C23H19BrClN3S/c24-18-12-10-17(11-13-18)22-14-21(19-8-4-5-9-20(19)25)27-28(22)23(29)26-15-16-6-2-1-3-7-16/h1-13,22H,14-15H2,(H,26,29). The van der Waals surface area contributed by atoms with E-state index in [2.05, 4.69) is 45.5 Å². The molecule has 0 aromatic heterocycles. The second-order valence-electron chi connectivity index (χ2n) is 6.79. The first-order valence-corrected chi connectivity index (χ1v) is 10.9. The van der Waals surface area contributed by atoms with Gasteiger partial charge in [0.25, 0.3) is 0 Å². The molecule has 0 fully saturated rings. The van der Waals surface area contributed by atoms with Gasteiger partial charge in [0.2, 0.25) is 0 Å². The van der Waals surface area contributed by atoms with Crippen LogP contribution in [0, 0.1) is 0 Å². The van der Waals surface area contributed by atoms with Crippen molar-refractivity contribution in [1.29, 1.82) is 0 Å². The molecule has 1 unspecified atom stereocenters. The summed E-state index contributed by atoms with van der Waals surface area (Å²) < 4.78 is 1.04. The first kappa shape index (κ1) is 20.1. The molecule has 4 rings (SSSR count). The Morgan fingerprint density at radius 2 is 1.72 bits per heavy atom. The van der Waals surface area contributed by atoms with E-state index in [1.165, 1.54) is 5.56 Å². The lowest BCUT2D eigenvalue weighted by atomic mass is 9.98. The van der Waals surface area contributed by atoms with Gasteiger partial charge in [-0.1, -0.05) is 88.2 Å². The predicted molar refractivity (Wildman–Crippen MR) is 127 cm³/mol. The average molecular weight is 485 g/mol. The average Bonchev–Trinajstić information content (AvgIpc) is 3.19. The summed E-state index contributed by atoms with van der Waals surface area (Å²) in [6.07, 6.45) is 0.735. The summed E-state index contributed by atoms with van der Waals surface area (Å²) in [5, 5.41) is 11.4. The molecule has 1 heterocycles. The molecule has 0 aliphatic carbocycles. The number of nitrogens with zero attached hydrogens (tertiary/aromatic N) is 2. The van der Waals surface area contributed by atoms with Crippen molar-refractivity contribution in [2.75, 3.05) is 0 Å². The van der Waals surface area contributed by atoms with E-state index in [1.807, 2.05) is 59.6 Å². The van der Waals surface area contributed by atoms with Crippen molar-refractivity contribution in [2.45, 2.75) is 19.0 Å². The fourth-order valence-electron chi connectivity index (χ4n) is 3.35. The van der Waals surface area contributed by atoms with E-state index in [-0.39, 0.29) is 6.04 Å². The first-order valence-electron chi connectivity index (χ1n) is 9.30. The maximum atomic E-state index is 6.43. The quantitative estimate of drug-likeness (QED) is 0.439. The van der Waals surface area contributed by atoms with Crippen molar-refractivity contribution < 1.29 is 0 Å². The van der Waals surface area contributed by atoms with Gasteiger partial charge in [-0.3, -0.25) is 0 Å². The zero-order chi connectivity index (χ0) is 20.2. The van der Waals surface area contributed by atoms with E-state index in [9.17, 15) is 0 Å². The molecule has 29 heavy (non-hydrogen) atoms. The molecule has 1 atom stereocenters. The molecule has 0 amide bonds. The number of hydrogen-bond acceptors (Lipinski definition) is 2. The maximum absolute atomic E-state index is 6.43. The molecule has 0 saturated carbocycles. The van der Waals surface area contributed by atoms with Gasteiger partial charge >= 0.3 is 0 Å². The molecule has 6 heteroatoms. The highest BCUT2D eigenvalue weighted by Gasteiger charge is 2.32. The molecule has 3 aromatic rings. The molecule has 0 saturated heterocycles. The molecule has 1 aliphatic heterocycles. The minimum atomic E-state index is 0.0187. The maximum Gasteiger partial charge on any atom is 0.190 e. The van der Waals surface area contributed by atoms with Crippen LogP contribution < -0.4 is 5.32 Å². The largest absolute Gasteiger partial charge is 0.357 e. The van der Waals surface area contributed by atoms with E-state index in [0.29, 0.717) is 16.7 Å². The van der Waals surface area contributed by atoms with Crippen LogP contribution in [0.3, 0.4) is 0 Å². The molecule has 0 radical (unpaired) electrons. The van der Waals surface area contributed by atoms with Gasteiger partial charge in [-0.25, -0.2) is 5.01 Å². The normalized spacial score (nSPS) is 15.9. The summed E-state index contributed by atoms with van der Waals surface area (Å²) in [6.45, 7) is 0.653. The predicted octanol–water partition coefficient (Wildman–Crippen LogP) is 6.33. The van der Waals surface area contributed by atoms with Crippen molar-refractivity contribution in [1.82, 2.24) is 10.3 Å². The Balaban J connectivity index is 1.61. The highest BCUT2D eigenvalue weighted by molar-refractivity contribution is 9.10. The second-order valence-corrected chi connectivity index (χ2v) is 8.50. The van der Waals surface area contributed by atoms with E-state index in [4.69, 9.17) is 28.9 Å². The van der Waals surface area contributed by atoms with Crippen molar-refractivity contribution >= 4 is 50.6 Å². The van der Waals surface area contributed by atoms with Crippen molar-refractivity contribution in [2.24, 2.45) is 5.10 Å². The van der Waals surface area contributed by atoms with Crippen LogP contribution in [-0.4, -0.2) is 15.8 Å². The summed E-state index contributed by atoms with van der Waals surface area (Å²) in [5.74, 6) is 0. The summed E-state index contributed by atoms with van der Waals surface area (Å²) in [6, 6.07) is 26.3. The van der Waals surface area contributed by atoms with Gasteiger partial charge in [-0.05, 0) is 41.5 Å². The Morgan fingerprint density at radius 1 is 1.03 bits per heavy atom. The van der Waals surface area contributed by atoms with Crippen molar-refractivity contribution in [3.05, 3.63) is 105 Å². The highest BCUT2D eigenvalue weighted by Crippen LogP contribution is 2.34. The Labute approximate surface area is 189 Å². The molecule has 3 nitrogen and oxygen atoms in total. The molecule has 1 aliphatic rings. The van der Waals surface area contributed by atoms with Gasteiger partial charge in [0.05, 0.1) is 11.8 Å². The van der Waals surface area contributed by atoms with Crippen LogP contribution in [0.5, 0.6) is 0 Å². The molecule has 0 bridgehead atoms. The zero-order valence-electron chi connectivity index (χ0n) is 15.6. The number of benzene rings is 3. The lowest BCUT2D eigenvalue weighted by molar-refractivity contribution is 0.364. The molecule has 1 N–H and O–H groups in total. The Hall–Kier alpha value is -2.21. The smallest absolute Gasteiger partial charge is 0.190 e. The Kier molecular flexibility index (Phi) is 6.28. The highest BCUT2D eigenvalue weighted by atomic mass is 79.9. The number of thiocarbonyl (C=S) groups is 1. The summed E-state index contributed by atoms with van der Waals surface area (Å²) in [5.41, 5.74) is 4.21. The second kappa shape index (κ2) is 9.08. The minimum Gasteiger partial charge on any atom is -0.357 e. The van der Waals surface area contributed by atoms with Gasteiger partial charge in [0, 0.05) is 28.0 Å². The van der Waals surface area contributed by atoms with Crippen LogP contribution in [0.4, 0.5) is 0 Å². The minimum absolute atomic E-state index is 0.0187. The van der Waals surface area contributed by atoms with Crippen LogP contribution in [-0.2, 0) is 6.54 Å². The van der Waals surface area contributed by atoms with Crippen molar-refractivity contribution in [3.8, 4) is 0 Å². The van der Waals surface area contributed by atoms with Crippen LogP contribution in [0.1, 0.15) is 29.2 Å². The number of nitrogens with one attached hydrogen (secondary N) is 1. The number of halogens is 2. The fourth-order valence-corrected chi connectivity index (χ4v) is 4.10. The number of hydrazone groups is 1. The number of rotatable bonds is 4. The van der Waals surface area contributed by atoms with Gasteiger partial charge in [0.1, 0.15) is 0 Å². The molecular weight excluding hydrogens is 466 g/mol. The zero-order valence-corrected chi connectivity index (χ0v) is 18.7. The van der Waals surface area contributed by atoms with Gasteiger partial charge in [-0.2, -0.15) is 5.10 Å². The van der Waals surface area contributed by atoms with E-state index >= 15 is 0 Å². The van der Waals surface area contributed by atoms with E-state index in [0.717, 1.165) is 27.7 Å². The van der Waals surface area contributed by atoms with Gasteiger partial charge in [-0.15, -0.1) is 0 Å². The third-order valence-electron chi connectivity index (χ3n) is 4.84. The number of hydrogen-bond donors (Lipinski definition) is 1. The molecule has 0 spiro atoms. The lowest BCUT2D eigenvalue weighted by Gasteiger charge is -2.25. The molecule has 3 aromatic carbocycles. The third-order valence-corrected chi connectivity index (χ3v) is 6.03. The SMILES string of the molecule is S=C(NCc1ccccc1)N1N=C(c2ccccc2Cl)CC1c1ccc(Br)cc1. The molecule has 146 valence electrons. The summed E-state index contributed by atoms with van der Waals surface area (Å²) in [4.78, 5) is 0. The molecular formula is C23H19BrClN3S. The van der Waals surface area contributed by atoms with E-state index < -0.39 is 0 Å². The lowest BCUT2D eigenvalue weighted by Crippen LogP contribution is -2.36. The first-order chi connectivity index (χ1) is 14.1. The monoisotopic (exact) mass is 483 g/mol. The Morgan fingerprint density at radius 3 is 2.45 bits per heavy atom. The summed E-state index contributed by atoms with van der Waals surface area (Å²) in [7, 11) is 0. The van der Waals surface area contributed by atoms with Gasteiger partial charge in [0.15, 0.2) is 5.11 Å². The van der Waals surface area contributed by atoms with E-state index in [1.54, 1.807) is 0 Å². The van der Waals surface area contributed by atoms with Crippen LogP contribution in [0.2, 0.25) is 5.02 Å². The fraction of sp³-hybridized carbons (Fsp3) is 0.130. The van der Waals surface area contributed by atoms with Crippen LogP contribution in [0.25, 0.3) is 0 Å².